The first-order valence-electron chi connectivity index (χ1n) is 6.34. The van der Waals surface area contributed by atoms with Crippen LogP contribution in [0.4, 0.5) is 0 Å². The van der Waals surface area contributed by atoms with Gasteiger partial charge in [-0.1, -0.05) is 24.3 Å². The summed E-state index contributed by atoms with van der Waals surface area (Å²) in [6.45, 7) is 1.96. The van der Waals surface area contributed by atoms with Crippen molar-refractivity contribution in [2.75, 3.05) is 0 Å². The van der Waals surface area contributed by atoms with Crippen molar-refractivity contribution in [1.82, 2.24) is 15.0 Å². The first-order chi connectivity index (χ1) is 9.75. The van der Waals surface area contributed by atoms with Gasteiger partial charge in [-0.05, 0) is 30.8 Å². The van der Waals surface area contributed by atoms with Gasteiger partial charge in [0.1, 0.15) is 16.4 Å². The van der Waals surface area contributed by atoms with E-state index in [2.05, 4.69) is 15.0 Å². The molecular formula is C15H14N4S. The number of hydrogen-bond acceptors (Lipinski definition) is 5. The summed E-state index contributed by atoms with van der Waals surface area (Å²) in [6.07, 6.45) is 3.36. The molecule has 0 aliphatic heterocycles. The standard InChI is InChI=1S/C15H14N4S/c1-10(16)11-6-4-8-17-14(11)20-15-12-5-2-3-7-13(12)18-9-19-15/h2-10H,16H2,1H3/t10-/m0/s1. The van der Waals surface area contributed by atoms with Gasteiger partial charge in [0.2, 0.25) is 0 Å². The molecule has 2 heterocycles. The SMILES string of the molecule is C[C@H](N)c1cccnc1Sc1ncnc2ccccc12. The summed E-state index contributed by atoms with van der Waals surface area (Å²) in [5.41, 5.74) is 7.96. The Hall–Kier alpha value is -1.98. The average molecular weight is 282 g/mol. The van der Waals surface area contributed by atoms with Crippen LogP contribution in [0.2, 0.25) is 0 Å². The zero-order valence-corrected chi connectivity index (χ0v) is 11.8. The minimum atomic E-state index is -0.0562. The van der Waals surface area contributed by atoms with Gasteiger partial charge in [-0.3, -0.25) is 0 Å². The molecule has 3 aromatic rings. The van der Waals surface area contributed by atoms with Gasteiger partial charge in [-0.2, -0.15) is 0 Å². The number of pyridine rings is 1. The molecular weight excluding hydrogens is 268 g/mol. The number of aromatic nitrogens is 3. The molecule has 3 rings (SSSR count). The second-order valence-corrected chi connectivity index (χ2v) is 5.46. The van der Waals surface area contributed by atoms with Crippen molar-refractivity contribution >= 4 is 22.7 Å². The molecule has 100 valence electrons. The van der Waals surface area contributed by atoms with Crippen molar-refractivity contribution in [3.8, 4) is 0 Å². The topological polar surface area (TPSA) is 64.7 Å². The largest absolute Gasteiger partial charge is 0.324 e. The van der Waals surface area contributed by atoms with E-state index in [4.69, 9.17) is 5.73 Å². The van der Waals surface area contributed by atoms with Gasteiger partial charge < -0.3 is 5.73 Å². The molecule has 0 aliphatic rings. The summed E-state index contributed by atoms with van der Waals surface area (Å²) in [5.74, 6) is 0. The number of nitrogens with two attached hydrogens (primary N) is 1. The summed E-state index contributed by atoms with van der Waals surface area (Å²) < 4.78 is 0. The van der Waals surface area contributed by atoms with Crippen LogP contribution in [-0.4, -0.2) is 15.0 Å². The molecule has 0 saturated carbocycles. The van der Waals surface area contributed by atoms with Gasteiger partial charge in [0.15, 0.2) is 0 Å². The molecule has 20 heavy (non-hydrogen) atoms. The smallest absolute Gasteiger partial charge is 0.117 e. The molecule has 0 aliphatic carbocycles. The lowest BCUT2D eigenvalue weighted by atomic mass is 10.2. The zero-order chi connectivity index (χ0) is 13.9. The Labute approximate surface area is 121 Å². The highest BCUT2D eigenvalue weighted by Gasteiger charge is 2.12. The van der Waals surface area contributed by atoms with Crippen LogP contribution in [0.25, 0.3) is 10.9 Å². The highest BCUT2D eigenvalue weighted by atomic mass is 32.2. The van der Waals surface area contributed by atoms with E-state index in [1.54, 1.807) is 12.5 Å². The lowest BCUT2D eigenvalue weighted by Gasteiger charge is -2.11. The summed E-state index contributed by atoms with van der Waals surface area (Å²) in [5, 5.41) is 2.82. The molecule has 2 aromatic heterocycles. The first kappa shape index (κ1) is 13.0. The van der Waals surface area contributed by atoms with E-state index in [9.17, 15) is 0 Å². The maximum atomic E-state index is 5.99. The molecule has 4 nitrogen and oxygen atoms in total. The van der Waals surface area contributed by atoms with Crippen molar-refractivity contribution in [3.05, 3.63) is 54.5 Å². The van der Waals surface area contributed by atoms with Crippen LogP contribution in [-0.2, 0) is 0 Å². The Morgan fingerprint density at radius 3 is 2.70 bits per heavy atom. The summed E-state index contributed by atoms with van der Waals surface area (Å²) in [4.78, 5) is 13.1. The van der Waals surface area contributed by atoms with Crippen molar-refractivity contribution in [2.24, 2.45) is 5.73 Å². The van der Waals surface area contributed by atoms with E-state index in [0.29, 0.717) is 0 Å². The van der Waals surface area contributed by atoms with Gasteiger partial charge in [0, 0.05) is 23.2 Å². The predicted molar refractivity (Wildman–Crippen MR) is 80.5 cm³/mol. The Kier molecular flexibility index (Phi) is 3.62. The molecule has 0 spiro atoms. The minimum absolute atomic E-state index is 0.0562. The van der Waals surface area contributed by atoms with E-state index < -0.39 is 0 Å². The highest BCUT2D eigenvalue weighted by molar-refractivity contribution is 7.99. The first-order valence-corrected chi connectivity index (χ1v) is 7.15. The molecule has 5 heteroatoms. The fraction of sp³-hybridized carbons (Fsp3) is 0.133. The van der Waals surface area contributed by atoms with Crippen LogP contribution in [0.1, 0.15) is 18.5 Å². The third kappa shape index (κ3) is 2.50. The number of para-hydroxylation sites is 1. The van der Waals surface area contributed by atoms with Gasteiger partial charge >= 0.3 is 0 Å². The van der Waals surface area contributed by atoms with Crippen molar-refractivity contribution in [3.63, 3.8) is 0 Å². The maximum absolute atomic E-state index is 5.99. The molecule has 0 radical (unpaired) electrons. The van der Waals surface area contributed by atoms with Gasteiger partial charge in [-0.25, -0.2) is 15.0 Å². The Morgan fingerprint density at radius 1 is 1.00 bits per heavy atom. The fourth-order valence-corrected chi connectivity index (χ4v) is 3.04. The van der Waals surface area contributed by atoms with Gasteiger partial charge in [-0.15, -0.1) is 0 Å². The number of hydrogen-bond donors (Lipinski definition) is 1. The van der Waals surface area contributed by atoms with Gasteiger partial charge in [0.05, 0.1) is 5.52 Å². The lowest BCUT2D eigenvalue weighted by molar-refractivity contribution is 0.779. The van der Waals surface area contributed by atoms with Gasteiger partial charge in [0.25, 0.3) is 0 Å². The molecule has 1 atom stereocenters. The number of rotatable bonds is 3. The van der Waals surface area contributed by atoms with E-state index in [-0.39, 0.29) is 6.04 Å². The van der Waals surface area contributed by atoms with E-state index in [1.165, 1.54) is 11.8 Å². The summed E-state index contributed by atoms with van der Waals surface area (Å²) in [6, 6.07) is 11.8. The lowest BCUT2D eigenvalue weighted by Crippen LogP contribution is -2.07. The average Bonchev–Trinajstić information content (AvgIpc) is 2.48. The molecule has 0 unspecified atom stereocenters. The van der Waals surface area contributed by atoms with Crippen molar-refractivity contribution in [1.29, 1.82) is 0 Å². The summed E-state index contributed by atoms with van der Waals surface area (Å²) in [7, 11) is 0. The van der Waals surface area contributed by atoms with Crippen LogP contribution < -0.4 is 5.73 Å². The van der Waals surface area contributed by atoms with Crippen LogP contribution >= 0.6 is 11.8 Å². The molecule has 0 saturated heterocycles. The normalized spacial score (nSPS) is 12.5. The fourth-order valence-electron chi connectivity index (χ4n) is 1.99. The second kappa shape index (κ2) is 5.56. The van der Waals surface area contributed by atoms with Crippen LogP contribution in [0.3, 0.4) is 0 Å². The molecule has 0 bridgehead atoms. The number of fused-ring (bicyclic) bond motifs is 1. The minimum Gasteiger partial charge on any atom is -0.324 e. The quantitative estimate of drug-likeness (QED) is 0.747. The van der Waals surface area contributed by atoms with Crippen molar-refractivity contribution in [2.45, 2.75) is 23.0 Å². The Bertz CT molecular complexity index is 737. The molecule has 0 amide bonds. The molecule has 2 N–H and O–H groups in total. The van der Waals surface area contributed by atoms with E-state index in [1.807, 2.05) is 43.3 Å². The second-order valence-electron chi connectivity index (χ2n) is 4.48. The zero-order valence-electron chi connectivity index (χ0n) is 11.0. The highest BCUT2D eigenvalue weighted by Crippen LogP contribution is 2.33. The molecule has 0 fully saturated rings. The van der Waals surface area contributed by atoms with Crippen LogP contribution in [0.5, 0.6) is 0 Å². The number of benzene rings is 1. The Balaban J connectivity index is 2.06. The third-order valence-corrected chi connectivity index (χ3v) is 4.04. The van der Waals surface area contributed by atoms with Crippen molar-refractivity contribution < 1.29 is 0 Å². The third-order valence-electron chi connectivity index (χ3n) is 2.99. The maximum Gasteiger partial charge on any atom is 0.117 e. The Morgan fingerprint density at radius 2 is 1.85 bits per heavy atom. The summed E-state index contributed by atoms with van der Waals surface area (Å²) >= 11 is 1.53. The molecule has 1 aromatic carbocycles. The van der Waals surface area contributed by atoms with Crippen LogP contribution in [0, 0.1) is 0 Å². The van der Waals surface area contributed by atoms with E-state index >= 15 is 0 Å². The van der Waals surface area contributed by atoms with Crippen LogP contribution in [0.15, 0.2) is 59.0 Å². The van der Waals surface area contributed by atoms with E-state index in [0.717, 1.165) is 26.5 Å². The monoisotopic (exact) mass is 282 g/mol. The number of nitrogens with zero attached hydrogens (tertiary/aromatic N) is 3. The predicted octanol–water partition coefficient (Wildman–Crippen LogP) is 3.20.